The molecule has 3 heteroatoms. The highest BCUT2D eigenvalue weighted by Crippen LogP contribution is 2.19. The second-order valence-electron chi connectivity index (χ2n) is 2.49. The second kappa shape index (κ2) is 3.31. The molecule has 62 valence electrons. The van der Waals surface area contributed by atoms with Crippen LogP contribution in [0.3, 0.4) is 0 Å². The Balaban J connectivity index is 3.18. The molecule has 1 rings (SSSR count). The third-order valence-corrected chi connectivity index (χ3v) is 1.64. The van der Waals surface area contributed by atoms with Crippen LogP contribution in [0.4, 0.5) is 8.78 Å². The van der Waals surface area contributed by atoms with Crippen molar-refractivity contribution in [2.75, 3.05) is 0 Å². The summed E-state index contributed by atoms with van der Waals surface area (Å²) < 4.78 is 25.5. The molecule has 1 aromatic carbocycles. The predicted molar refractivity (Wildman–Crippen MR) is 40.4 cm³/mol. The van der Waals surface area contributed by atoms with Crippen LogP contribution in [-0.2, 0) is 0 Å². The summed E-state index contributed by atoms with van der Waals surface area (Å²) in [6.45, 7) is 1.53. The summed E-state index contributed by atoms with van der Waals surface area (Å²) in [7, 11) is 0. The van der Waals surface area contributed by atoms with E-state index in [1.807, 2.05) is 6.07 Å². The van der Waals surface area contributed by atoms with Crippen molar-refractivity contribution >= 4 is 0 Å². The van der Waals surface area contributed by atoms with E-state index in [-0.39, 0.29) is 5.56 Å². The van der Waals surface area contributed by atoms with Gasteiger partial charge in [0.1, 0.15) is 0 Å². The lowest BCUT2D eigenvalue weighted by atomic mass is 10.0. The second-order valence-corrected chi connectivity index (χ2v) is 2.49. The van der Waals surface area contributed by atoms with Gasteiger partial charge in [0, 0.05) is 5.56 Å². The molecule has 1 unspecified atom stereocenters. The first kappa shape index (κ1) is 8.66. The molecule has 0 radical (unpaired) electrons. The third-order valence-electron chi connectivity index (χ3n) is 1.64. The molecule has 0 N–H and O–H groups in total. The molecule has 1 atom stereocenters. The maximum absolute atomic E-state index is 12.9. The van der Waals surface area contributed by atoms with E-state index in [2.05, 4.69) is 0 Å². The highest BCUT2D eigenvalue weighted by Gasteiger charge is 2.12. The van der Waals surface area contributed by atoms with Crippen molar-refractivity contribution in [1.82, 2.24) is 0 Å². The zero-order chi connectivity index (χ0) is 9.14. The van der Waals surface area contributed by atoms with Crippen LogP contribution in [0.1, 0.15) is 18.4 Å². The number of halogens is 2. The van der Waals surface area contributed by atoms with E-state index in [0.717, 1.165) is 6.07 Å². The number of hydrogen-bond donors (Lipinski definition) is 0. The average Bonchev–Trinajstić information content (AvgIpc) is 2.08. The maximum Gasteiger partial charge on any atom is 0.163 e. The Bertz CT molecular complexity index is 328. The van der Waals surface area contributed by atoms with Crippen molar-refractivity contribution in [2.24, 2.45) is 0 Å². The van der Waals surface area contributed by atoms with Crippen molar-refractivity contribution in [2.45, 2.75) is 12.8 Å². The third kappa shape index (κ3) is 1.42. The molecule has 0 saturated heterocycles. The first-order valence-corrected chi connectivity index (χ1v) is 3.50. The van der Waals surface area contributed by atoms with Gasteiger partial charge in [-0.3, -0.25) is 0 Å². The van der Waals surface area contributed by atoms with Gasteiger partial charge in [0.15, 0.2) is 11.6 Å². The summed E-state index contributed by atoms with van der Waals surface area (Å²) in [6, 6.07) is 5.67. The normalized spacial score (nSPS) is 12.2. The number of benzene rings is 1. The largest absolute Gasteiger partial charge is 0.204 e. The summed E-state index contributed by atoms with van der Waals surface area (Å²) >= 11 is 0. The molecule has 0 amide bonds. The quantitative estimate of drug-likeness (QED) is 0.630. The van der Waals surface area contributed by atoms with Crippen LogP contribution in [0.15, 0.2) is 18.2 Å². The Morgan fingerprint density at radius 3 is 2.67 bits per heavy atom. The Morgan fingerprint density at radius 1 is 1.42 bits per heavy atom. The fourth-order valence-electron chi connectivity index (χ4n) is 0.924. The van der Waals surface area contributed by atoms with E-state index < -0.39 is 17.6 Å². The summed E-state index contributed by atoms with van der Waals surface area (Å²) in [5, 5.41) is 8.46. The van der Waals surface area contributed by atoms with Crippen LogP contribution < -0.4 is 0 Å². The highest BCUT2D eigenvalue weighted by atomic mass is 19.2. The van der Waals surface area contributed by atoms with Crippen LogP contribution in [0.2, 0.25) is 0 Å². The number of hydrogen-bond acceptors (Lipinski definition) is 1. The monoisotopic (exact) mass is 167 g/mol. The van der Waals surface area contributed by atoms with Crippen molar-refractivity contribution in [1.29, 1.82) is 5.26 Å². The molecule has 0 saturated carbocycles. The van der Waals surface area contributed by atoms with Crippen LogP contribution in [0, 0.1) is 23.0 Å². The molecule has 0 spiro atoms. The Labute approximate surface area is 69.2 Å². The smallest absolute Gasteiger partial charge is 0.163 e. The number of nitriles is 1. The zero-order valence-electron chi connectivity index (χ0n) is 6.51. The van der Waals surface area contributed by atoms with E-state index in [1.165, 1.54) is 19.1 Å². The zero-order valence-corrected chi connectivity index (χ0v) is 6.51. The summed E-state index contributed by atoms with van der Waals surface area (Å²) in [5.74, 6) is -2.44. The lowest BCUT2D eigenvalue weighted by Crippen LogP contribution is -1.96. The van der Waals surface area contributed by atoms with Gasteiger partial charge in [-0.25, -0.2) is 8.78 Å². The van der Waals surface area contributed by atoms with E-state index in [1.54, 1.807) is 0 Å². The molecular weight excluding hydrogens is 160 g/mol. The van der Waals surface area contributed by atoms with Gasteiger partial charge in [-0.2, -0.15) is 5.26 Å². The van der Waals surface area contributed by atoms with Crippen LogP contribution in [-0.4, -0.2) is 0 Å². The van der Waals surface area contributed by atoms with E-state index in [4.69, 9.17) is 5.26 Å². The van der Waals surface area contributed by atoms with Crippen molar-refractivity contribution in [3.8, 4) is 6.07 Å². The van der Waals surface area contributed by atoms with Gasteiger partial charge in [0.2, 0.25) is 0 Å². The predicted octanol–water partition coefficient (Wildman–Crippen LogP) is 2.59. The molecule has 0 aliphatic rings. The number of rotatable bonds is 1. The van der Waals surface area contributed by atoms with Gasteiger partial charge in [-0.15, -0.1) is 0 Å². The SMILES string of the molecule is CC(C#N)c1cccc(F)c1F. The van der Waals surface area contributed by atoms with Gasteiger partial charge in [0.05, 0.1) is 12.0 Å². The van der Waals surface area contributed by atoms with Gasteiger partial charge in [-0.05, 0) is 13.0 Å². The minimum atomic E-state index is -0.924. The molecule has 12 heavy (non-hydrogen) atoms. The average molecular weight is 167 g/mol. The van der Waals surface area contributed by atoms with Crippen molar-refractivity contribution in [3.63, 3.8) is 0 Å². The first-order chi connectivity index (χ1) is 5.66. The maximum atomic E-state index is 12.9. The van der Waals surface area contributed by atoms with Gasteiger partial charge in [-0.1, -0.05) is 12.1 Å². The highest BCUT2D eigenvalue weighted by molar-refractivity contribution is 5.26. The van der Waals surface area contributed by atoms with Gasteiger partial charge in [0.25, 0.3) is 0 Å². The van der Waals surface area contributed by atoms with E-state index in [0.29, 0.717) is 0 Å². The minimum Gasteiger partial charge on any atom is -0.204 e. The summed E-state index contributed by atoms with van der Waals surface area (Å²) in [6.07, 6.45) is 0. The fraction of sp³-hybridized carbons (Fsp3) is 0.222. The van der Waals surface area contributed by atoms with Gasteiger partial charge < -0.3 is 0 Å². The molecule has 0 fully saturated rings. The Morgan fingerprint density at radius 2 is 2.08 bits per heavy atom. The molecular formula is C9H7F2N. The van der Waals surface area contributed by atoms with Crippen LogP contribution in [0.25, 0.3) is 0 Å². The fourth-order valence-corrected chi connectivity index (χ4v) is 0.924. The molecule has 0 bridgehead atoms. The Kier molecular flexibility index (Phi) is 2.39. The molecule has 1 aromatic rings. The Hall–Kier alpha value is -1.43. The van der Waals surface area contributed by atoms with E-state index >= 15 is 0 Å². The van der Waals surface area contributed by atoms with Crippen LogP contribution in [0.5, 0.6) is 0 Å². The molecule has 0 heterocycles. The lowest BCUT2D eigenvalue weighted by Gasteiger charge is -2.03. The topological polar surface area (TPSA) is 23.8 Å². The van der Waals surface area contributed by atoms with Crippen molar-refractivity contribution < 1.29 is 8.78 Å². The molecule has 0 aromatic heterocycles. The summed E-state index contributed by atoms with van der Waals surface area (Å²) in [4.78, 5) is 0. The summed E-state index contributed by atoms with van der Waals surface area (Å²) in [5.41, 5.74) is 0.109. The molecule has 0 aliphatic carbocycles. The van der Waals surface area contributed by atoms with Crippen molar-refractivity contribution in [3.05, 3.63) is 35.4 Å². The molecule has 0 aliphatic heterocycles. The standard InChI is InChI=1S/C9H7F2N/c1-6(5-12)7-3-2-4-8(10)9(7)11/h2-4,6H,1H3. The van der Waals surface area contributed by atoms with Gasteiger partial charge >= 0.3 is 0 Å². The molecule has 1 nitrogen and oxygen atoms in total. The van der Waals surface area contributed by atoms with E-state index in [9.17, 15) is 8.78 Å². The first-order valence-electron chi connectivity index (χ1n) is 3.50. The van der Waals surface area contributed by atoms with Crippen LogP contribution >= 0.6 is 0 Å². The minimum absolute atomic E-state index is 0.109. The lowest BCUT2D eigenvalue weighted by molar-refractivity contribution is 0.497. The number of nitrogens with zero attached hydrogens (tertiary/aromatic N) is 1.